The van der Waals surface area contributed by atoms with Gasteiger partial charge in [0.15, 0.2) is 5.69 Å². The molecule has 0 aliphatic carbocycles. The van der Waals surface area contributed by atoms with Gasteiger partial charge in [0.1, 0.15) is 11.6 Å². The third kappa shape index (κ3) is 2.57. The van der Waals surface area contributed by atoms with Gasteiger partial charge in [-0.05, 0) is 6.07 Å². The van der Waals surface area contributed by atoms with Crippen LogP contribution in [-0.4, -0.2) is 23.2 Å². The van der Waals surface area contributed by atoms with E-state index >= 15 is 0 Å². The second-order valence-electron chi connectivity index (χ2n) is 3.86. The highest BCUT2D eigenvalue weighted by Crippen LogP contribution is 2.27. The van der Waals surface area contributed by atoms with Gasteiger partial charge in [0.2, 0.25) is 5.69 Å². The van der Waals surface area contributed by atoms with E-state index in [2.05, 4.69) is 9.83 Å². The minimum Gasteiger partial charge on any atom is -0.497 e. The summed E-state index contributed by atoms with van der Waals surface area (Å²) in [5, 5.41) is 8.98. The lowest BCUT2D eigenvalue weighted by molar-refractivity contribution is 0.0690. The molecule has 0 saturated heterocycles. The molecule has 0 fully saturated rings. The van der Waals surface area contributed by atoms with Crippen LogP contribution >= 0.6 is 0 Å². The Bertz CT molecular complexity index is 723. The summed E-state index contributed by atoms with van der Waals surface area (Å²) < 4.78 is 18.6. The maximum absolute atomic E-state index is 13.6. The van der Waals surface area contributed by atoms with Crippen LogP contribution in [0.15, 0.2) is 30.3 Å². The maximum Gasteiger partial charge on any atom is 0.354 e. The molecule has 20 heavy (non-hydrogen) atoms. The van der Waals surface area contributed by atoms with Crippen LogP contribution in [0.3, 0.4) is 0 Å². The van der Waals surface area contributed by atoms with Gasteiger partial charge < -0.3 is 9.84 Å². The van der Waals surface area contributed by atoms with Gasteiger partial charge in [0.25, 0.3) is 0 Å². The zero-order valence-corrected chi connectivity index (χ0v) is 10.4. The van der Waals surface area contributed by atoms with Crippen molar-refractivity contribution in [1.29, 1.82) is 0 Å². The average molecular weight is 272 g/mol. The van der Waals surface area contributed by atoms with Crippen LogP contribution in [0, 0.1) is 12.4 Å². The van der Waals surface area contributed by atoms with Crippen molar-refractivity contribution < 1.29 is 19.0 Å². The summed E-state index contributed by atoms with van der Waals surface area (Å²) in [6, 6.07) is 6.73. The number of benzene rings is 1. The zero-order valence-electron chi connectivity index (χ0n) is 10.4. The van der Waals surface area contributed by atoms with Crippen LogP contribution in [0.2, 0.25) is 0 Å². The van der Waals surface area contributed by atoms with Crippen LogP contribution in [0.4, 0.5) is 10.1 Å². The van der Waals surface area contributed by atoms with Crippen LogP contribution in [0.25, 0.3) is 16.1 Å². The van der Waals surface area contributed by atoms with Gasteiger partial charge >= 0.3 is 5.97 Å². The third-order valence-electron chi connectivity index (χ3n) is 2.62. The second kappa shape index (κ2) is 5.36. The number of pyridine rings is 1. The molecule has 0 unspecified atom stereocenters. The Balaban J connectivity index is 2.57. The Kier molecular flexibility index (Phi) is 3.62. The molecule has 0 aliphatic heterocycles. The second-order valence-corrected chi connectivity index (χ2v) is 3.86. The number of nitrogens with zero attached hydrogens (tertiary/aromatic N) is 2. The first-order valence-electron chi connectivity index (χ1n) is 5.52. The number of rotatable bonds is 3. The van der Waals surface area contributed by atoms with Crippen molar-refractivity contribution in [1.82, 2.24) is 4.98 Å². The van der Waals surface area contributed by atoms with E-state index in [4.69, 9.17) is 16.4 Å². The largest absolute Gasteiger partial charge is 0.497 e. The molecule has 1 aromatic carbocycles. The Hall–Kier alpha value is -2.94. The number of aromatic carboxylic acids is 1. The summed E-state index contributed by atoms with van der Waals surface area (Å²) in [4.78, 5) is 17.9. The van der Waals surface area contributed by atoms with E-state index in [0.717, 1.165) is 6.07 Å². The van der Waals surface area contributed by atoms with Crippen molar-refractivity contribution in [3.05, 3.63) is 53.3 Å². The zero-order chi connectivity index (χ0) is 14.7. The molecule has 1 heterocycles. The summed E-state index contributed by atoms with van der Waals surface area (Å²) in [6.07, 6.45) is 0. The summed E-state index contributed by atoms with van der Waals surface area (Å²) >= 11 is 0. The fourth-order valence-electron chi connectivity index (χ4n) is 1.64. The maximum atomic E-state index is 13.6. The van der Waals surface area contributed by atoms with E-state index in [-0.39, 0.29) is 17.1 Å². The molecular weight excluding hydrogens is 263 g/mol. The molecule has 0 spiro atoms. The van der Waals surface area contributed by atoms with Crippen molar-refractivity contribution in [2.75, 3.05) is 7.11 Å². The van der Waals surface area contributed by atoms with Crippen molar-refractivity contribution in [3.63, 3.8) is 0 Å². The number of hydrogen-bond donors (Lipinski definition) is 1. The Morgan fingerprint density at radius 1 is 1.40 bits per heavy atom. The number of methoxy groups -OCH3 is 1. The highest BCUT2D eigenvalue weighted by Gasteiger charge is 2.12. The quantitative estimate of drug-likeness (QED) is 0.872. The smallest absolute Gasteiger partial charge is 0.354 e. The van der Waals surface area contributed by atoms with Gasteiger partial charge in [0, 0.05) is 17.7 Å². The number of carboxylic acid groups (broad SMARTS) is 1. The third-order valence-corrected chi connectivity index (χ3v) is 2.62. The molecule has 2 aromatic rings. The minimum absolute atomic E-state index is 0.102. The molecule has 0 atom stereocenters. The molecule has 6 heteroatoms. The Labute approximate surface area is 114 Å². The average Bonchev–Trinajstić information content (AvgIpc) is 2.46. The molecule has 0 aliphatic rings. The molecule has 2 rings (SSSR count). The topological polar surface area (TPSA) is 63.8 Å². The molecule has 1 N–H and O–H groups in total. The summed E-state index contributed by atoms with van der Waals surface area (Å²) in [5.41, 5.74) is 0.331. The lowest BCUT2D eigenvalue weighted by Gasteiger charge is -2.07. The summed E-state index contributed by atoms with van der Waals surface area (Å²) in [5.74, 6) is -1.58. The molecular formula is C14H9FN2O3. The normalized spacial score (nSPS) is 9.85. The molecule has 0 saturated carbocycles. The van der Waals surface area contributed by atoms with E-state index in [1.54, 1.807) is 0 Å². The summed E-state index contributed by atoms with van der Waals surface area (Å²) in [6.45, 7) is 6.79. The van der Waals surface area contributed by atoms with Gasteiger partial charge in [-0.1, -0.05) is 12.1 Å². The number of hydrogen-bond acceptors (Lipinski definition) is 3. The number of carboxylic acids is 1. The standard InChI is InChI=1S/C14H9FN2O3/c1-16-11-4-3-8(5-10(11)15)12-6-9(20-2)7-13(17-12)14(18)19/h3-7H,2H3,(H,18,19). The van der Waals surface area contributed by atoms with Crippen molar-refractivity contribution in [3.8, 4) is 17.0 Å². The van der Waals surface area contributed by atoms with Gasteiger partial charge in [-0.2, -0.15) is 0 Å². The molecule has 0 bridgehead atoms. The monoisotopic (exact) mass is 272 g/mol. The number of aromatic nitrogens is 1. The lowest BCUT2D eigenvalue weighted by atomic mass is 10.1. The predicted octanol–water partition coefficient (Wildman–Crippen LogP) is 3.15. The number of halogens is 1. The number of carbonyl (C=O) groups is 1. The highest BCUT2D eigenvalue weighted by molar-refractivity contribution is 5.86. The molecule has 100 valence electrons. The first kappa shape index (κ1) is 13.5. The fourth-order valence-corrected chi connectivity index (χ4v) is 1.64. The highest BCUT2D eigenvalue weighted by atomic mass is 19.1. The fraction of sp³-hybridized carbons (Fsp3) is 0.0714. The van der Waals surface area contributed by atoms with Crippen molar-refractivity contribution in [2.45, 2.75) is 0 Å². The van der Waals surface area contributed by atoms with E-state index in [1.165, 1.54) is 31.4 Å². The van der Waals surface area contributed by atoms with Crippen LogP contribution in [0.1, 0.15) is 10.5 Å². The first-order valence-corrected chi connectivity index (χ1v) is 5.52. The molecule has 0 amide bonds. The molecule has 5 nitrogen and oxygen atoms in total. The van der Waals surface area contributed by atoms with Gasteiger partial charge in [-0.15, -0.1) is 0 Å². The first-order chi connectivity index (χ1) is 9.55. The molecule has 0 radical (unpaired) electrons. The van der Waals surface area contributed by atoms with Crippen molar-refractivity contribution >= 4 is 11.7 Å². The van der Waals surface area contributed by atoms with Gasteiger partial charge in [-0.25, -0.2) is 19.0 Å². The Morgan fingerprint density at radius 2 is 2.15 bits per heavy atom. The lowest BCUT2D eigenvalue weighted by Crippen LogP contribution is -2.02. The van der Waals surface area contributed by atoms with Crippen molar-refractivity contribution in [2.24, 2.45) is 0 Å². The van der Waals surface area contributed by atoms with E-state index in [1.807, 2.05) is 0 Å². The predicted molar refractivity (Wildman–Crippen MR) is 69.4 cm³/mol. The minimum atomic E-state index is -1.21. The molecule has 1 aromatic heterocycles. The van der Waals surface area contributed by atoms with E-state index in [0.29, 0.717) is 11.3 Å². The van der Waals surface area contributed by atoms with Crippen LogP contribution in [-0.2, 0) is 0 Å². The SMILES string of the molecule is [C-]#[N+]c1ccc(-c2cc(OC)cc(C(=O)O)n2)cc1F. The van der Waals surface area contributed by atoms with E-state index in [9.17, 15) is 9.18 Å². The van der Waals surface area contributed by atoms with Gasteiger partial charge in [-0.3, -0.25) is 0 Å². The van der Waals surface area contributed by atoms with Crippen LogP contribution in [0.5, 0.6) is 5.75 Å². The number of ether oxygens (including phenoxy) is 1. The van der Waals surface area contributed by atoms with E-state index < -0.39 is 11.8 Å². The Morgan fingerprint density at radius 3 is 2.70 bits per heavy atom. The van der Waals surface area contributed by atoms with Crippen LogP contribution < -0.4 is 4.74 Å². The van der Waals surface area contributed by atoms with Gasteiger partial charge in [0.05, 0.1) is 19.4 Å². The summed E-state index contributed by atoms with van der Waals surface area (Å²) in [7, 11) is 1.40.